The SMILES string of the molecule is C[C@@H]1CN(CC(=O)Nc2ccc3c(c2)C=CC(=O)C3)CCN1c1ccc(Cl)c(F)c1. The van der Waals surface area contributed by atoms with Gasteiger partial charge in [0.05, 0.1) is 11.6 Å². The van der Waals surface area contributed by atoms with Gasteiger partial charge >= 0.3 is 0 Å². The molecule has 1 fully saturated rings. The van der Waals surface area contributed by atoms with Crippen molar-refractivity contribution in [2.45, 2.75) is 19.4 Å². The first kappa shape index (κ1) is 20.6. The average molecular weight is 428 g/mol. The predicted molar refractivity (Wildman–Crippen MR) is 117 cm³/mol. The van der Waals surface area contributed by atoms with E-state index in [0.29, 0.717) is 32.6 Å². The maximum atomic E-state index is 13.8. The Balaban J connectivity index is 1.33. The summed E-state index contributed by atoms with van der Waals surface area (Å²) in [5, 5.41) is 3.06. The Morgan fingerprint density at radius 2 is 2.03 bits per heavy atom. The maximum Gasteiger partial charge on any atom is 0.238 e. The molecule has 0 aromatic heterocycles. The van der Waals surface area contributed by atoms with Crippen molar-refractivity contribution in [3.05, 3.63) is 64.4 Å². The van der Waals surface area contributed by atoms with Gasteiger partial charge in [0.15, 0.2) is 5.78 Å². The number of nitrogens with zero attached hydrogens (tertiary/aromatic N) is 2. The quantitative estimate of drug-likeness (QED) is 0.807. The predicted octanol–water partition coefficient (Wildman–Crippen LogP) is 3.77. The van der Waals surface area contributed by atoms with Crippen molar-refractivity contribution in [1.29, 1.82) is 0 Å². The molecule has 1 aliphatic heterocycles. The third-order valence-electron chi connectivity index (χ3n) is 5.56. The van der Waals surface area contributed by atoms with Crippen LogP contribution < -0.4 is 10.2 Å². The molecule has 1 N–H and O–H groups in total. The van der Waals surface area contributed by atoms with Crippen LogP contribution in [0.25, 0.3) is 6.08 Å². The monoisotopic (exact) mass is 427 g/mol. The Labute approximate surface area is 180 Å². The standard InChI is InChI=1S/C23H23ClFN3O2/c1-15-13-27(8-9-28(15)19-5-7-21(24)22(25)12-19)14-23(30)26-18-4-2-17-11-20(29)6-3-16(17)10-18/h2-7,10,12,15H,8-9,11,13-14H2,1H3,(H,26,30)/t15-/m1/s1. The molecule has 0 radical (unpaired) electrons. The van der Waals surface area contributed by atoms with E-state index in [4.69, 9.17) is 11.6 Å². The number of fused-ring (bicyclic) bond motifs is 1. The molecule has 1 aliphatic carbocycles. The molecular formula is C23H23ClFN3O2. The van der Waals surface area contributed by atoms with E-state index in [-0.39, 0.29) is 22.8 Å². The van der Waals surface area contributed by atoms with Gasteiger partial charge in [0.2, 0.25) is 5.91 Å². The molecule has 1 atom stereocenters. The summed E-state index contributed by atoms with van der Waals surface area (Å²) < 4.78 is 13.8. The van der Waals surface area contributed by atoms with E-state index < -0.39 is 5.82 Å². The van der Waals surface area contributed by atoms with Gasteiger partial charge in [-0.2, -0.15) is 0 Å². The lowest BCUT2D eigenvalue weighted by Crippen LogP contribution is -2.53. The van der Waals surface area contributed by atoms with Gasteiger partial charge in [-0.15, -0.1) is 0 Å². The Morgan fingerprint density at radius 3 is 2.80 bits per heavy atom. The summed E-state index contributed by atoms with van der Waals surface area (Å²) in [7, 11) is 0. The maximum absolute atomic E-state index is 13.8. The first-order chi connectivity index (χ1) is 14.4. The van der Waals surface area contributed by atoms with Gasteiger partial charge in [-0.25, -0.2) is 4.39 Å². The van der Waals surface area contributed by atoms with Crippen LogP contribution in [-0.4, -0.2) is 48.8 Å². The van der Waals surface area contributed by atoms with Gasteiger partial charge in [-0.3, -0.25) is 14.5 Å². The number of amides is 1. The zero-order chi connectivity index (χ0) is 21.3. The Bertz CT molecular complexity index is 1020. The fourth-order valence-corrected chi connectivity index (χ4v) is 4.16. The Hall–Kier alpha value is -2.70. The van der Waals surface area contributed by atoms with Crippen LogP contribution in [0.4, 0.5) is 15.8 Å². The molecule has 156 valence electrons. The van der Waals surface area contributed by atoms with Crippen LogP contribution in [-0.2, 0) is 16.0 Å². The number of carbonyl (C=O) groups is 2. The van der Waals surface area contributed by atoms with Crippen molar-refractivity contribution >= 4 is 40.7 Å². The number of benzene rings is 2. The van der Waals surface area contributed by atoms with E-state index >= 15 is 0 Å². The number of hydrogen-bond acceptors (Lipinski definition) is 4. The van der Waals surface area contributed by atoms with Crippen molar-refractivity contribution in [1.82, 2.24) is 4.90 Å². The summed E-state index contributed by atoms with van der Waals surface area (Å²) in [6, 6.07) is 10.6. The smallest absolute Gasteiger partial charge is 0.238 e. The van der Waals surface area contributed by atoms with Crippen LogP contribution in [0.2, 0.25) is 5.02 Å². The molecule has 2 aromatic carbocycles. The number of piperazine rings is 1. The first-order valence-electron chi connectivity index (χ1n) is 9.97. The molecule has 2 aliphatic rings. The molecule has 0 spiro atoms. The molecular weight excluding hydrogens is 405 g/mol. The van der Waals surface area contributed by atoms with Crippen molar-refractivity contribution < 1.29 is 14.0 Å². The highest BCUT2D eigenvalue weighted by Crippen LogP contribution is 2.25. The van der Waals surface area contributed by atoms with E-state index in [1.54, 1.807) is 18.2 Å². The van der Waals surface area contributed by atoms with Gasteiger partial charge in [0.25, 0.3) is 0 Å². The largest absolute Gasteiger partial charge is 0.366 e. The molecule has 1 heterocycles. The van der Waals surface area contributed by atoms with Crippen LogP contribution in [0.5, 0.6) is 0 Å². The number of anilines is 2. The topological polar surface area (TPSA) is 52.7 Å². The lowest BCUT2D eigenvalue weighted by Gasteiger charge is -2.41. The van der Waals surface area contributed by atoms with E-state index in [1.807, 2.05) is 24.3 Å². The summed E-state index contributed by atoms with van der Waals surface area (Å²) in [6.07, 6.45) is 3.76. The highest BCUT2D eigenvalue weighted by atomic mass is 35.5. The van der Waals surface area contributed by atoms with Gasteiger partial charge < -0.3 is 10.2 Å². The van der Waals surface area contributed by atoms with E-state index in [1.165, 1.54) is 6.07 Å². The Kier molecular flexibility index (Phi) is 5.88. The van der Waals surface area contributed by atoms with Gasteiger partial charge in [0, 0.05) is 43.5 Å². The summed E-state index contributed by atoms with van der Waals surface area (Å²) in [6.45, 7) is 4.46. The highest BCUT2D eigenvalue weighted by Gasteiger charge is 2.25. The van der Waals surface area contributed by atoms with Crippen LogP contribution >= 0.6 is 11.6 Å². The fraction of sp³-hybridized carbons (Fsp3) is 0.304. The fourth-order valence-electron chi connectivity index (χ4n) is 4.05. The molecule has 5 nitrogen and oxygen atoms in total. The average Bonchev–Trinajstić information content (AvgIpc) is 2.70. The van der Waals surface area contributed by atoms with Gasteiger partial charge in [-0.05, 0) is 54.5 Å². The van der Waals surface area contributed by atoms with Crippen molar-refractivity contribution in [2.24, 2.45) is 0 Å². The van der Waals surface area contributed by atoms with E-state index in [9.17, 15) is 14.0 Å². The van der Waals surface area contributed by atoms with Crippen LogP contribution in [0, 0.1) is 5.82 Å². The van der Waals surface area contributed by atoms with Crippen LogP contribution in [0.15, 0.2) is 42.5 Å². The molecule has 1 amide bonds. The molecule has 2 aromatic rings. The normalized spacial score (nSPS) is 19.0. The van der Waals surface area contributed by atoms with Crippen molar-refractivity contribution in [3.63, 3.8) is 0 Å². The number of carbonyl (C=O) groups excluding carboxylic acids is 2. The number of rotatable bonds is 4. The van der Waals surface area contributed by atoms with E-state index in [0.717, 1.165) is 22.5 Å². The molecule has 30 heavy (non-hydrogen) atoms. The summed E-state index contributed by atoms with van der Waals surface area (Å²) in [5.74, 6) is -0.412. The zero-order valence-corrected chi connectivity index (χ0v) is 17.5. The van der Waals surface area contributed by atoms with Crippen molar-refractivity contribution in [2.75, 3.05) is 36.4 Å². The van der Waals surface area contributed by atoms with Gasteiger partial charge in [-0.1, -0.05) is 23.7 Å². The lowest BCUT2D eigenvalue weighted by atomic mass is 9.96. The number of ketones is 1. The highest BCUT2D eigenvalue weighted by molar-refractivity contribution is 6.30. The molecule has 4 rings (SSSR count). The number of allylic oxidation sites excluding steroid dienone is 1. The molecule has 7 heteroatoms. The number of halogens is 2. The molecule has 0 bridgehead atoms. The second-order valence-corrected chi connectivity index (χ2v) is 8.22. The number of nitrogens with one attached hydrogen (secondary N) is 1. The minimum atomic E-state index is -0.424. The third-order valence-corrected chi connectivity index (χ3v) is 5.86. The Morgan fingerprint density at radius 1 is 1.20 bits per heavy atom. The zero-order valence-electron chi connectivity index (χ0n) is 16.7. The van der Waals surface area contributed by atoms with Crippen molar-refractivity contribution in [3.8, 4) is 0 Å². The molecule has 0 saturated carbocycles. The number of hydrogen-bond donors (Lipinski definition) is 1. The minimum Gasteiger partial charge on any atom is -0.366 e. The van der Waals surface area contributed by atoms with E-state index in [2.05, 4.69) is 22.0 Å². The summed E-state index contributed by atoms with van der Waals surface area (Å²) in [5.41, 5.74) is 3.46. The molecule has 1 saturated heterocycles. The third kappa shape index (κ3) is 4.55. The summed E-state index contributed by atoms with van der Waals surface area (Å²) in [4.78, 5) is 28.3. The lowest BCUT2D eigenvalue weighted by molar-refractivity contribution is -0.117. The minimum absolute atomic E-state index is 0.0796. The summed E-state index contributed by atoms with van der Waals surface area (Å²) >= 11 is 5.78. The second kappa shape index (κ2) is 8.58. The van der Waals surface area contributed by atoms with Crippen LogP contribution in [0.3, 0.4) is 0 Å². The second-order valence-electron chi connectivity index (χ2n) is 7.81. The first-order valence-corrected chi connectivity index (χ1v) is 10.3. The molecule has 0 unspecified atom stereocenters. The van der Waals surface area contributed by atoms with Crippen LogP contribution in [0.1, 0.15) is 18.1 Å². The van der Waals surface area contributed by atoms with Gasteiger partial charge in [0.1, 0.15) is 5.82 Å².